The Morgan fingerprint density at radius 1 is 1.50 bits per heavy atom. The van der Waals surface area contributed by atoms with E-state index in [1.54, 1.807) is 31.2 Å². The number of carbonyl (C=O) groups is 1. The van der Waals surface area contributed by atoms with E-state index in [1.165, 1.54) is 0 Å². The lowest BCUT2D eigenvalue weighted by Gasteiger charge is -2.13. The molecule has 1 aromatic carbocycles. The number of hydrogen-bond donors (Lipinski definition) is 2. The third-order valence-electron chi connectivity index (χ3n) is 1.86. The molecule has 0 bridgehead atoms. The van der Waals surface area contributed by atoms with Crippen molar-refractivity contribution in [2.75, 3.05) is 0 Å². The van der Waals surface area contributed by atoms with E-state index in [-0.39, 0.29) is 6.04 Å². The van der Waals surface area contributed by atoms with Crippen LogP contribution >= 0.6 is 0 Å². The van der Waals surface area contributed by atoms with Crippen molar-refractivity contribution in [3.05, 3.63) is 34.7 Å². The molecule has 0 fully saturated rings. The van der Waals surface area contributed by atoms with E-state index in [9.17, 15) is 9.70 Å². The Morgan fingerprint density at radius 3 is 2.71 bits per heavy atom. The van der Waals surface area contributed by atoms with E-state index < -0.39 is 6.03 Å². The highest BCUT2D eigenvalue weighted by molar-refractivity contribution is 5.72. The Bertz CT molecular complexity index is 352. The summed E-state index contributed by atoms with van der Waals surface area (Å²) >= 11 is 0. The van der Waals surface area contributed by atoms with Gasteiger partial charge in [0.1, 0.15) is 5.69 Å². The predicted octanol–water partition coefficient (Wildman–Crippen LogP) is 1.81. The largest absolute Gasteiger partial charge is 0.352 e. The van der Waals surface area contributed by atoms with Crippen molar-refractivity contribution < 1.29 is 4.79 Å². The van der Waals surface area contributed by atoms with Crippen LogP contribution in [0.1, 0.15) is 18.5 Å². The molecular formula is C9H11N3O2. The minimum Gasteiger partial charge on any atom is -0.352 e. The zero-order chi connectivity index (χ0) is 10.6. The van der Waals surface area contributed by atoms with Crippen LogP contribution in [0.25, 0.3) is 0 Å². The minimum atomic E-state index is -0.627. The van der Waals surface area contributed by atoms with Crippen molar-refractivity contribution in [1.29, 1.82) is 0 Å². The van der Waals surface area contributed by atoms with Crippen molar-refractivity contribution in [1.82, 2.24) is 5.32 Å². The van der Waals surface area contributed by atoms with Gasteiger partial charge in [0.2, 0.25) is 0 Å². The van der Waals surface area contributed by atoms with Gasteiger partial charge in [0.25, 0.3) is 0 Å². The van der Waals surface area contributed by atoms with Gasteiger partial charge in [-0.05, 0) is 18.2 Å². The molecule has 0 spiro atoms. The number of rotatable bonds is 3. The maximum Gasteiger partial charge on any atom is 0.312 e. The first-order valence-electron chi connectivity index (χ1n) is 4.13. The molecule has 0 aliphatic carbocycles. The van der Waals surface area contributed by atoms with Gasteiger partial charge in [0, 0.05) is 5.56 Å². The molecule has 0 aliphatic rings. The Balaban J connectivity index is 2.93. The summed E-state index contributed by atoms with van der Waals surface area (Å²) in [5.41, 5.74) is 5.93. The average molecular weight is 193 g/mol. The minimum absolute atomic E-state index is 0.314. The summed E-state index contributed by atoms with van der Waals surface area (Å²) in [4.78, 5) is 21.0. The summed E-state index contributed by atoms with van der Waals surface area (Å²) in [7, 11) is 0. The van der Waals surface area contributed by atoms with Crippen LogP contribution in [0.4, 0.5) is 10.5 Å². The lowest BCUT2D eigenvalue weighted by molar-refractivity contribution is 0.246. The summed E-state index contributed by atoms with van der Waals surface area (Å²) in [5.74, 6) is 0. The number of nitrogens with two attached hydrogens (primary N) is 1. The van der Waals surface area contributed by atoms with Crippen LogP contribution < -0.4 is 11.1 Å². The molecular weight excluding hydrogens is 182 g/mol. The predicted molar refractivity (Wildman–Crippen MR) is 53.0 cm³/mol. The first kappa shape index (κ1) is 10.2. The maximum absolute atomic E-state index is 10.6. The molecule has 5 heteroatoms. The second-order valence-electron chi connectivity index (χ2n) is 2.88. The van der Waals surface area contributed by atoms with Gasteiger partial charge in [0.05, 0.1) is 6.04 Å². The second-order valence-corrected chi connectivity index (χ2v) is 2.88. The molecule has 0 saturated heterocycles. The van der Waals surface area contributed by atoms with Gasteiger partial charge in [-0.3, -0.25) is 0 Å². The molecule has 14 heavy (non-hydrogen) atoms. The highest BCUT2D eigenvalue weighted by Gasteiger charge is 2.11. The fourth-order valence-electron chi connectivity index (χ4n) is 1.23. The van der Waals surface area contributed by atoms with Gasteiger partial charge >= 0.3 is 6.03 Å². The summed E-state index contributed by atoms with van der Waals surface area (Å²) in [6, 6.07) is 5.83. The van der Waals surface area contributed by atoms with Crippen LogP contribution in [0.15, 0.2) is 29.4 Å². The number of benzene rings is 1. The normalized spacial score (nSPS) is 11.8. The fraction of sp³-hybridized carbons (Fsp3) is 0.222. The first-order valence-corrected chi connectivity index (χ1v) is 4.13. The monoisotopic (exact) mass is 193 g/mol. The summed E-state index contributed by atoms with van der Waals surface area (Å²) in [6.07, 6.45) is 0. The van der Waals surface area contributed by atoms with Crippen LogP contribution in [-0.4, -0.2) is 6.03 Å². The topological polar surface area (TPSA) is 84.5 Å². The molecule has 1 aromatic rings. The fourth-order valence-corrected chi connectivity index (χ4v) is 1.23. The van der Waals surface area contributed by atoms with Crippen molar-refractivity contribution in [2.45, 2.75) is 13.0 Å². The highest BCUT2D eigenvalue weighted by Crippen LogP contribution is 2.24. The number of nitrogens with zero attached hydrogens (tertiary/aromatic N) is 1. The van der Waals surface area contributed by atoms with Crippen LogP contribution in [0.5, 0.6) is 0 Å². The van der Waals surface area contributed by atoms with Crippen LogP contribution in [-0.2, 0) is 0 Å². The highest BCUT2D eigenvalue weighted by atomic mass is 16.3. The summed E-state index contributed by atoms with van der Waals surface area (Å²) < 4.78 is 0. The SMILES string of the molecule is CC(NC(N)=O)c1ccccc1N=O. The molecule has 0 heterocycles. The molecule has 1 unspecified atom stereocenters. The average Bonchev–Trinajstić information content (AvgIpc) is 2.16. The first-order chi connectivity index (χ1) is 6.65. The maximum atomic E-state index is 10.6. The third kappa shape index (κ3) is 2.29. The lowest BCUT2D eigenvalue weighted by atomic mass is 10.1. The smallest absolute Gasteiger partial charge is 0.312 e. The van der Waals surface area contributed by atoms with Gasteiger partial charge in [-0.25, -0.2) is 4.79 Å². The number of hydrogen-bond acceptors (Lipinski definition) is 3. The third-order valence-corrected chi connectivity index (χ3v) is 1.86. The molecule has 0 saturated carbocycles. The van der Waals surface area contributed by atoms with E-state index in [0.29, 0.717) is 11.3 Å². The quantitative estimate of drug-likeness (QED) is 0.717. The van der Waals surface area contributed by atoms with E-state index in [1.807, 2.05) is 0 Å². The molecule has 5 nitrogen and oxygen atoms in total. The van der Waals surface area contributed by atoms with Crippen molar-refractivity contribution in [2.24, 2.45) is 10.9 Å². The van der Waals surface area contributed by atoms with Gasteiger partial charge in [0.15, 0.2) is 0 Å². The summed E-state index contributed by atoms with van der Waals surface area (Å²) in [5, 5.41) is 5.33. The van der Waals surface area contributed by atoms with E-state index >= 15 is 0 Å². The number of nitrogens with one attached hydrogen (secondary N) is 1. The Kier molecular flexibility index (Phi) is 3.17. The zero-order valence-corrected chi connectivity index (χ0v) is 7.73. The van der Waals surface area contributed by atoms with Crippen molar-refractivity contribution >= 4 is 11.7 Å². The molecule has 0 radical (unpaired) electrons. The molecule has 1 atom stereocenters. The molecule has 0 aromatic heterocycles. The number of carbonyl (C=O) groups excluding carboxylic acids is 1. The van der Waals surface area contributed by atoms with Gasteiger partial charge in [-0.2, -0.15) is 0 Å². The molecule has 0 aliphatic heterocycles. The van der Waals surface area contributed by atoms with Crippen LogP contribution in [0, 0.1) is 4.91 Å². The van der Waals surface area contributed by atoms with Crippen LogP contribution in [0.2, 0.25) is 0 Å². The number of amides is 2. The van der Waals surface area contributed by atoms with Crippen molar-refractivity contribution in [3.63, 3.8) is 0 Å². The Labute approximate surface area is 81.3 Å². The lowest BCUT2D eigenvalue weighted by Crippen LogP contribution is -2.31. The number of nitroso groups, excluding NO2 is 1. The van der Waals surface area contributed by atoms with E-state index in [4.69, 9.17) is 5.73 Å². The molecule has 3 N–H and O–H groups in total. The standard InChI is InChI=1S/C9H11N3O2/c1-6(11-9(10)13)7-4-2-3-5-8(7)12-14/h2-6H,1H3,(H3,10,11,13). The molecule has 74 valence electrons. The Morgan fingerprint density at radius 2 is 2.14 bits per heavy atom. The van der Waals surface area contributed by atoms with E-state index in [2.05, 4.69) is 10.5 Å². The summed E-state index contributed by atoms with van der Waals surface area (Å²) in [6.45, 7) is 1.73. The second kappa shape index (κ2) is 4.36. The van der Waals surface area contributed by atoms with Gasteiger partial charge in [-0.1, -0.05) is 18.2 Å². The van der Waals surface area contributed by atoms with E-state index in [0.717, 1.165) is 0 Å². The Hall–Kier alpha value is -1.91. The van der Waals surface area contributed by atoms with Crippen LogP contribution in [0.3, 0.4) is 0 Å². The van der Waals surface area contributed by atoms with Gasteiger partial charge in [-0.15, -0.1) is 4.91 Å². The number of urea groups is 1. The number of primary amides is 1. The molecule has 2 amide bonds. The zero-order valence-electron chi connectivity index (χ0n) is 7.73. The van der Waals surface area contributed by atoms with Gasteiger partial charge < -0.3 is 11.1 Å². The van der Waals surface area contributed by atoms with Crippen molar-refractivity contribution in [3.8, 4) is 0 Å². The molecule has 1 rings (SSSR count).